The van der Waals surface area contributed by atoms with Gasteiger partial charge in [0.1, 0.15) is 17.2 Å². The summed E-state index contributed by atoms with van der Waals surface area (Å²) in [7, 11) is 1.65. The van der Waals surface area contributed by atoms with Gasteiger partial charge in [0.05, 0.1) is 19.2 Å². The van der Waals surface area contributed by atoms with Crippen LogP contribution in [0.3, 0.4) is 0 Å². The molecule has 1 aliphatic rings. The zero-order valence-corrected chi connectivity index (χ0v) is 17.1. The zero-order chi connectivity index (χ0) is 21.1. The highest BCUT2D eigenvalue weighted by atomic mass is 16.5. The minimum absolute atomic E-state index is 0.0113. The minimum Gasteiger partial charge on any atom is -0.496 e. The first kappa shape index (κ1) is 19.9. The molecule has 1 N–H and O–H groups in total. The first-order valence-electron chi connectivity index (χ1n) is 9.97. The van der Waals surface area contributed by atoms with Crippen molar-refractivity contribution in [2.24, 2.45) is 0 Å². The largest absolute Gasteiger partial charge is 0.496 e. The molecule has 1 fully saturated rings. The summed E-state index contributed by atoms with van der Waals surface area (Å²) < 4.78 is 11.4. The van der Waals surface area contributed by atoms with Crippen molar-refractivity contribution >= 4 is 5.91 Å². The summed E-state index contributed by atoms with van der Waals surface area (Å²) >= 11 is 0. The fraction of sp³-hybridized carbons (Fsp3) is 0.364. The fourth-order valence-corrected chi connectivity index (χ4v) is 3.84. The Hall–Kier alpha value is -3.42. The first-order valence-corrected chi connectivity index (χ1v) is 9.97. The molecule has 0 spiro atoms. The van der Waals surface area contributed by atoms with Crippen LogP contribution in [0.5, 0.6) is 5.75 Å². The molecular formula is C22H24N4O4. The molecule has 1 atom stereocenters. The maximum Gasteiger partial charge on any atom is 0.345 e. The summed E-state index contributed by atoms with van der Waals surface area (Å²) in [6, 6.07) is 9.41. The van der Waals surface area contributed by atoms with E-state index in [1.165, 1.54) is 0 Å². The van der Waals surface area contributed by atoms with Crippen molar-refractivity contribution in [3.8, 4) is 5.75 Å². The van der Waals surface area contributed by atoms with Crippen LogP contribution in [-0.4, -0.2) is 46.0 Å². The number of hydrogen-bond donors (Lipinski definition) is 1. The second kappa shape index (κ2) is 8.52. The summed E-state index contributed by atoms with van der Waals surface area (Å²) in [6.45, 7) is 2.84. The van der Waals surface area contributed by atoms with Crippen LogP contribution >= 0.6 is 0 Å². The lowest BCUT2D eigenvalue weighted by Gasteiger charge is -2.31. The molecule has 4 rings (SSSR count). The van der Waals surface area contributed by atoms with Crippen LogP contribution in [0, 0.1) is 6.92 Å². The Labute approximate surface area is 173 Å². The van der Waals surface area contributed by atoms with Crippen molar-refractivity contribution in [3.05, 3.63) is 75.6 Å². The van der Waals surface area contributed by atoms with E-state index in [-0.39, 0.29) is 17.5 Å². The molecule has 0 saturated carbocycles. The van der Waals surface area contributed by atoms with Gasteiger partial charge in [-0.1, -0.05) is 18.2 Å². The number of amides is 1. The normalized spacial score (nSPS) is 16.5. The summed E-state index contributed by atoms with van der Waals surface area (Å²) in [6.07, 6.45) is 4.05. The van der Waals surface area contributed by atoms with E-state index in [0.29, 0.717) is 31.1 Å². The van der Waals surface area contributed by atoms with Gasteiger partial charge in [0.15, 0.2) is 5.89 Å². The molecule has 3 heterocycles. The van der Waals surface area contributed by atoms with E-state index in [4.69, 9.17) is 9.15 Å². The molecule has 30 heavy (non-hydrogen) atoms. The Bertz CT molecular complexity index is 1100. The Morgan fingerprint density at radius 2 is 2.20 bits per heavy atom. The van der Waals surface area contributed by atoms with E-state index < -0.39 is 5.69 Å². The number of H-pyrrole nitrogens is 1. The standard InChI is InChI=1S/C22H24N4O4/c1-14-10-18(25-22(28)24-14)21(27)26-9-5-7-16(13-26)20-23-12-17(30-20)11-15-6-3-4-8-19(15)29-2/h3-4,6,8,10,12,16H,5,7,9,11,13H2,1-2H3,(H,24,25,28). The van der Waals surface area contributed by atoms with Crippen molar-refractivity contribution in [2.75, 3.05) is 20.2 Å². The van der Waals surface area contributed by atoms with Gasteiger partial charge < -0.3 is 19.0 Å². The van der Waals surface area contributed by atoms with E-state index in [2.05, 4.69) is 15.0 Å². The predicted octanol–water partition coefficient (Wildman–Crippen LogP) is 2.69. The van der Waals surface area contributed by atoms with E-state index in [1.807, 2.05) is 24.3 Å². The van der Waals surface area contributed by atoms with Gasteiger partial charge in [0.2, 0.25) is 0 Å². The van der Waals surface area contributed by atoms with Gasteiger partial charge in [0, 0.05) is 30.8 Å². The van der Waals surface area contributed by atoms with Crippen molar-refractivity contribution in [1.82, 2.24) is 19.9 Å². The zero-order valence-electron chi connectivity index (χ0n) is 17.1. The lowest BCUT2D eigenvalue weighted by Crippen LogP contribution is -2.40. The molecule has 1 unspecified atom stereocenters. The average molecular weight is 408 g/mol. The number of carbonyl (C=O) groups excluding carboxylic acids is 1. The lowest BCUT2D eigenvalue weighted by molar-refractivity contribution is 0.0691. The molecule has 1 aromatic carbocycles. The molecular weight excluding hydrogens is 384 g/mol. The molecule has 8 heteroatoms. The van der Waals surface area contributed by atoms with Crippen LogP contribution in [0.4, 0.5) is 0 Å². The number of benzene rings is 1. The van der Waals surface area contributed by atoms with Crippen LogP contribution in [0.1, 0.15) is 52.2 Å². The Kier molecular flexibility index (Phi) is 5.65. The number of hydrogen-bond acceptors (Lipinski definition) is 6. The van der Waals surface area contributed by atoms with Crippen molar-refractivity contribution < 1.29 is 13.9 Å². The number of aromatic nitrogens is 3. The van der Waals surface area contributed by atoms with Gasteiger partial charge in [-0.25, -0.2) is 9.78 Å². The molecule has 2 aromatic heterocycles. The molecule has 0 radical (unpaired) electrons. The monoisotopic (exact) mass is 408 g/mol. The van der Waals surface area contributed by atoms with Gasteiger partial charge in [-0.2, -0.15) is 4.98 Å². The van der Waals surface area contributed by atoms with E-state index in [1.54, 1.807) is 31.2 Å². The number of ether oxygens (including phenoxy) is 1. The van der Waals surface area contributed by atoms with Crippen molar-refractivity contribution in [1.29, 1.82) is 0 Å². The number of oxazole rings is 1. The summed E-state index contributed by atoms with van der Waals surface area (Å²) in [4.78, 5) is 37.0. The second-order valence-electron chi connectivity index (χ2n) is 7.50. The van der Waals surface area contributed by atoms with Crippen LogP contribution < -0.4 is 10.4 Å². The first-order chi connectivity index (χ1) is 14.5. The topological polar surface area (TPSA) is 101 Å². The molecule has 8 nitrogen and oxygen atoms in total. The molecule has 0 bridgehead atoms. The van der Waals surface area contributed by atoms with Crippen LogP contribution in [0.15, 0.2) is 45.7 Å². The van der Waals surface area contributed by atoms with Crippen molar-refractivity contribution in [2.45, 2.75) is 32.1 Å². The number of para-hydroxylation sites is 1. The smallest absolute Gasteiger partial charge is 0.345 e. The van der Waals surface area contributed by atoms with Crippen LogP contribution in [-0.2, 0) is 6.42 Å². The molecule has 156 valence electrons. The fourth-order valence-electron chi connectivity index (χ4n) is 3.84. The number of carbonyl (C=O) groups is 1. The number of methoxy groups -OCH3 is 1. The maximum absolute atomic E-state index is 12.8. The van der Waals surface area contributed by atoms with E-state index in [0.717, 1.165) is 29.9 Å². The number of likely N-dealkylation sites (tertiary alicyclic amines) is 1. The highest BCUT2D eigenvalue weighted by molar-refractivity contribution is 5.92. The molecule has 1 saturated heterocycles. The number of nitrogens with one attached hydrogen (secondary N) is 1. The maximum atomic E-state index is 12.8. The van der Waals surface area contributed by atoms with Gasteiger partial charge in [-0.15, -0.1) is 0 Å². The highest BCUT2D eigenvalue weighted by Crippen LogP contribution is 2.29. The summed E-state index contributed by atoms with van der Waals surface area (Å²) in [5.74, 6) is 1.97. The van der Waals surface area contributed by atoms with Gasteiger partial charge >= 0.3 is 5.69 Å². The van der Waals surface area contributed by atoms with E-state index >= 15 is 0 Å². The highest BCUT2D eigenvalue weighted by Gasteiger charge is 2.29. The average Bonchev–Trinajstić information content (AvgIpc) is 3.21. The molecule has 3 aromatic rings. The van der Waals surface area contributed by atoms with Gasteiger partial charge in [-0.3, -0.25) is 4.79 Å². The second-order valence-corrected chi connectivity index (χ2v) is 7.50. The predicted molar refractivity (Wildman–Crippen MR) is 110 cm³/mol. The number of aromatic amines is 1. The van der Waals surface area contributed by atoms with Gasteiger partial charge in [0.25, 0.3) is 5.91 Å². The van der Waals surface area contributed by atoms with E-state index in [9.17, 15) is 9.59 Å². The third-order valence-corrected chi connectivity index (χ3v) is 5.28. The summed E-state index contributed by atoms with van der Waals surface area (Å²) in [5, 5.41) is 0. The number of nitrogens with zero attached hydrogens (tertiary/aromatic N) is 3. The third-order valence-electron chi connectivity index (χ3n) is 5.28. The Balaban J connectivity index is 1.47. The van der Waals surface area contributed by atoms with Crippen LogP contribution in [0.25, 0.3) is 0 Å². The molecule has 1 amide bonds. The number of aryl methyl sites for hydroxylation is 1. The molecule has 0 aliphatic carbocycles. The lowest BCUT2D eigenvalue weighted by atomic mass is 9.97. The number of rotatable bonds is 5. The minimum atomic E-state index is -0.513. The van der Waals surface area contributed by atoms with Gasteiger partial charge in [-0.05, 0) is 31.9 Å². The Morgan fingerprint density at radius 1 is 1.37 bits per heavy atom. The molecule has 1 aliphatic heterocycles. The quantitative estimate of drug-likeness (QED) is 0.697. The van der Waals surface area contributed by atoms with Crippen LogP contribution in [0.2, 0.25) is 0 Å². The SMILES string of the molecule is COc1ccccc1Cc1cnc(C2CCCN(C(=O)c3cc(C)[nH]c(=O)n3)C2)o1. The van der Waals surface area contributed by atoms with Crippen molar-refractivity contribution in [3.63, 3.8) is 0 Å². The third kappa shape index (κ3) is 4.27. The summed E-state index contributed by atoms with van der Waals surface area (Å²) in [5.41, 5.74) is 1.29. The number of piperidine rings is 1. The Morgan fingerprint density at radius 3 is 3.00 bits per heavy atom.